The summed E-state index contributed by atoms with van der Waals surface area (Å²) in [4.78, 5) is 0.384. The standard InChI is InChI=1S/C16H16BrCl/c1-12(11-13-7-9-15(18)10-8-13)16(17)14-5-3-2-4-6-14/h2-10,12,16H,11H2,1H3. The molecule has 0 radical (unpaired) electrons. The van der Waals surface area contributed by atoms with Crippen LogP contribution in [0.5, 0.6) is 0 Å². The van der Waals surface area contributed by atoms with Crippen molar-refractivity contribution in [3.63, 3.8) is 0 Å². The van der Waals surface area contributed by atoms with Gasteiger partial charge in [0.25, 0.3) is 0 Å². The molecule has 0 amide bonds. The van der Waals surface area contributed by atoms with Gasteiger partial charge in [0, 0.05) is 9.85 Å². The predicted molar refractivity (Wildman–Crippen MR) is 82.4 cm³/mol. The first-order valence-electron chi connectivity index (χ1n) is 6.10. The summed E-state index contributed by atoms with van der Waals surface area (Å²) >= 11 is 9.69. The van der Waals surface area contributed by atoms with E-state index in [1.54, 1.807) is 0 Å². The van der Waals surface area contributed by atoms with Crippen LogP contribution in [0.15, 0.2) is 54.6 Å². The molecule has 0 aromatic heterocycles. The second kappa shape index (κ2) is 6.40. The van der Waals surface area contributed by atoms with Gasteiger partial charge in [-0.1, -0.05) is 76.9 Å². The van der Waals surface area contributed by atoms with E-state index in [1.807, 2.05) is 18.2 Å². The molecule has 2 aromatic carbocycles. The number of halogens is 2. The van der Waals surface area contributed by atoms with Gasteiger partial charge in [0.2, 0.25) is 0 Å². The quantitative estimate of drug-likeness (QED) is 0.637. The largest absolute Gasteiger partial charge is 0.0843 e. The smallest absolute Gasteiger partial charge is 0.0424 e. The van der Waals surface area contributed by atoms with Crippen molar-refractivity contribution in [1.29, 1.82) is 0 Å². The Morgan fingerprint density at radius 1 is 1.00 bits per heavy atom. The SMILES string of the molecule is CC(Cc1ccc(Cl)cc1)C(Br)c1ccccc1. The first kappa shape index (κ1) is 13.6. The average Bonchev–Trinajstić information content (AvgIpc) is 2.41. The average molecular weight is 324 g/mol. The monoisotopic (exact) mass is 322 g/mol. The van der Waals surface area contributed by atoms with Crippen LogP contribution in [0.25, 0.3) is 0 Å². The second-order valence-electron chi connectivity index (χ2n) is 4.62. The summed E-state index contributed by atoms with van der Waals surface area (Å²) in [7, 11) is 0. The van der Waals surface area contributed by atoms with Crippen LogP contribution in [0, 0.1) is 5.92 Å². The number of hydrogen-bond donors (Lipinski definition) is 0. The summed E-state index contributed by atoms with van der Waals surface area (Å²) in [5, 5.41) is 0.796. The fourth-order valence-electron chi connectivity index (χ4n) is 2.06. The van der Waals surface area contributed by atoms with Crippen LogP contribution in [0.4, 0.5) is 0 Å². The molecule has 0 saturated carbocycles. The summed E-state index contributed by atoms with van der Waals surface area (Å²) in [5.41, 5.74) is 2.66. The maximum Gasteiger partial charge on any atom is 0.0424 e. The van der Waals surface area contributed by atoms with Gasteiger partial charge in [-0.05, 0) is 35.6 Å². The molecule has 2 unspecified atom stereocenters. The summed E-state index contributed by atoms with van der Waals surface area (Å²) in [5.74, 6) is 0.536. The lowest BCUT2D eigenvalue weighted by molar-refractivity contribution is 0.572. The van der Waals surface area contributed by atoms with Gasteiger partial charge in [-0.15, -0.1) is 0 Å². The van der Waals surface area contributed by atoms with Crippen LogP contribution in [0.2, 0.25) is 5.02 Å². The molecule has 0 aliphatic heterocycles. The molecule has 0 bridgehead atoms. The Morgan fingerprint density at radius 2 is 1.61 bits per heavy atom. The van der Waals surface area contributed by atoms with Gasteiger partial charge in [0.15, 0.2) is 0 Å². The molecule has 0 spiro atoms. The van der Waals surface area contributed by atoms with Crippen LogP contribution in [0.3, 0.4) is 0 Å². The molecule has 94 valence electrons. The zero-order valence-corrected chi connectivity index (χ0v) is 12.7. The van der Waals surface area contributed by atoms with E-state index in [0.29, 0.717) is 10.7 Å². The van der Waals surface area contributed by atoms with E-state index in [0.717, 1.165) is 11.4 Å². The molecule has 0 aliphatic rings. The first-order chi connectivity index (χ1) is 8.66. The van der Waals surface area contributed by atoms with Gasteiger partial charge < -0.3 is 0 Å². The van der Waals surface area contributed by atoms with Gasteiger partial charge in [0.05, 0.1) is 0 Å². The topological polar surface area (TPSA) is 0 Å². The van der Waals surface area contributed by atoms with E-state index in [1.165, 1.54) is 11.1 Å². The van der Waals surface area contributed by atoms with Gasteiger partial charge in [-0.25, -0.2) is 0 Å². The molecular weight excluding hydrogens is 308 g/mol. The molecular formula is C16H16BrCl. The fourth-order valence-corrected chi connectivity index (χ4v) is 2.68. The minimum atomic E-state index is 0.384. The first-order valence-corrected chi connectivity index (χ1v) is 7.39. The molecule has 0 saturated heterocycles. The van der Waals surface area contributed by atoms with Gasteiger partial charge in [-0.2, -0.15) is 0 Å². The van der Waals surface area contributed by atoms with Crippen molar-refractivity contribution in [2.75, 3.05) is 0 Å². The van der Waals surface area contributed by atoms with E-state index >= 15 is 0 Å². The van der Waals surface area contributed by atoms with Crippen LogP contribution in [-0.2, 0) is 6.42 Å². The maximum absolute atomic E-state index is 5.90. The fraction of sp³-hybridized carbons (Fsp3) is 0.250. The van der Waals surface area contributed by atoms with Crippen molar-refractivity contribution in [2.45, 2.75) is 18.2 Å². The maximum atomic E-state index is 5.90. The highest BCUT2D eigenvalue weighted by Gasteiger charge is 2.16. The van der Waals surface area contributed by atoms with Crippen LogP contribution in [0.1, 0.15) is 22.9 Å². The zero-order chi connectivity index (χ0) is 13.0. The molecule has 2 rings (SSSR count). The third-order valence-corrected chi connectivity index (χ3v) is 4.77. The third kappa shape index (κ3) is 3.60. The zero-order valence-electron chi connectivity index (χ0n) is 10.3. The Bertz CT molecular complexity index is 478. The number of hydrogen-bond acceptors (Lipinski definition) is 0. The molecule has 0 nitrogen and oxygen atoms in total. The molecule has 0 N–H and O–H groups in total. The lowest BCUT2D eigenvalue weighted by atomic mass is 9.94. The number of benzene rings is 2. The van der Waals surface area contributed by atoms with E-state index in [-0.39, 0.29) is 0 Å². The highest BCUT2D eigenvalue weighted by molar-refractivity contribution is 9.09. The Hall–Kier alpha value is -0.790. The summed E-state index contributed by atoms with van der Waals surface area (Å²) in [6, 6.07) is 18.7. The summed E-state index contributed by atoms with van der Waals surface area (Å²) in [6.45, 7) is 2.26. The molecule has 2 heteroatoms. The lowest BCUT2D eigenvalue weighted by Crippen LogP contribution is -2.07. The number of alkyl halides is 1. The van der Waals surface area contributed by atoms with Crippen molar-refractivity contribution in [3.05, 3.63) is 70.7 Å². The number of rotatable bonds is 4. The molecule has 18 heavy (non-hydrogen) atoms. The minimum absolute atomic E-state index is 0.384. The van der Waals surface area contributed by atoms with Crippen LogP contribution >= 0.6 is 27.5 Å². The Kier molecular flexibility index (Phi) is 4.85. The summed E-state index contributed by atoms with van der Waals surface area (Å²) < 4.78 is 0. The van der Waals surface area contributed by atoms with Crippen molar-refractivity contribution < 1.29 is 0 Å². The van der Waals surface area contributed by atoms with Crippen molar-refractivity contribution in [1.82, 2.24) is 0 Å². The van der Waals surface area contributed by atoms with E-state index in [2.05, 4.69) is 59.3 Å². The molecule has 2 aromatic rings. The van der Waals surface area contributed by atoms with Crippen LogP contribution in [-0.4, -0.2) is 0 Å². The van der Waals surface area contributed by atoms with E-state index in [4.69, 9.17) is 11.6 Å². The van der Waals surface area contributed by atoms with E-state index in [9.17, 15) is 0 Å². The third-order valence-electron chi connectivity index (χ3n) is 3.09. The molecule has 0 fully saturated rings. The van der Waals surface area contributed by atoms with Gasteiger partial charge in [-0.3, -0.25) is 0 Å². The van der Waals surface area contributed by atoms with Gasteiger partial charge >= 0.3 is 0 Å². The van der Waals surface area contributed by atoms with Gasteiger partial charge in [0.1, 0.15) is 0 Å². The minimum Gasteiger partial charge on any atom is -0.0843 e. The molecule has 2 atom stereocenters. The van der Waals surface area contributed by atoms with Crippen molar-refractivity contribution in [3.8, 4) is 0 Å². The highest BCUT2D eigenvalue weighted by Crippen LogP contribution is 2.32. The summed E-state index contributed by atoms with van der Waals surface area (Å²) in [6.07, 6.45) is 1.04. The van der Waals surface area contributed by atoms with E-state index < -0.39 is 0 Å². The van der Waals surface area contributed by atoms with Crippen molar-refractivity contribution in [2.24, 2.45) is 5.92 Å². The molecule has 0 aliphatic carbocycles. The lowest BCUT2D eigenvalue weighted by Gasteiger charge is -2.18. The molecule has 0 heterocycles. The Balaban J connectivity index is 2.03. The Morgan fingerprint density at radius 3 is 2.22 bits per heavy atom. The normalized spacial score (nSPS) is 14.2. The second-order valence-corrected chi connectivity index (χ2v) is 6.04. The highest BCUT2D eigenvalue weighted by atomic mass is 79.9. The van der Waals surface area contributed by atoms with Crippen LogP contribution < -0.4 is 0 Å². The Labute approximate surface area is 122 Å². The predicted octanol–water partition coefficient (Wildman–Crippen LogP) is 5.65. The van der Waals surface area contributed by atoms with Crippen molar-refractivity contribution >= 4 is 27.5 Å².